The van der Waals surface area contributed by atoms with Gasteiger partial charge in [-0.2, -0.15) is 0 Å². The predicted octanol–water partition coefficient (Wildman–Crippen LogP) is 3.19. The summed E-state index contributed by atoms with van der Waals surface area (Å²) in [5.74, 6) is 0.405. The van der Waals surface area contributed by atoms with Crippen LogP contribution in [-0.2, 0) is 14.8 Å². The number of benzene rings is 2. The first kappa shape index (κ1) is 22.7. The van der Waals surface area contributed by atoms with Crippen LogP contribution in [0.2, 0.25) is 0 Å². The summed E-state index contributed by atoms with van der Waals surface area (Å²) in [6.07, 6.45) is 1.11. The van der Waals surface area contributed by atoms with Crippen LogP contribution in [0.1, 0.15) is 27.8 Å². The van der Waals surface area contributed by atoms with Crippen LogP contribution in [0, 0.1) is 34.6 Å². The molecule has 0 fully saturated rings. The molecule has 0 heterocycles. The highest BCUT2D eigenvalue weighted by Gasteiger charge is 2.24. The van der Waals surface area contributed by atoms with Gasteiger partial charge in [0.2, 0.25) is 15.9 Å². The molecule has 0 aliphatic rings. The number of rotatable bonds is 8. The molecule has 1 N–H and O–H groups in total. The molecule has 0 saturated heterocycles. The van der Waals surface area contributed by atoms with Crippen molar-refractivity contribution >= 4 is 21.6 Å². The van der Waals surface area contributed by atoms with E-state index in [4.69, 9.17) is 4.74 Å². The molecule has 0 aliphatic carbocycles. The fraction of sp³-hybridized carbons (Fsp3) is 0.409. The van der Waals surface area contributed by atoms with Gasteiger partial charge in [0.1, 0.15) is 18.9 Å². The summed E-state index contributed by atoms with van der Waals surface area (Å²) in [7, 11) is -3.61. The van der Waals surface area contributed by atoms with Crippen molar-refractivity contribution in [3.8, 4) is 5.75 Å². The summed E-state index contributed by atoms with van der Waals surface area (Å²) in [6.45, 7) is 9.97. The zero-order valence-corrected chi connectivity index (χ0v) is 18.8. The van der Waals surface area contributed by atoms with Crippen molar-refractivity contribution in [2.45, 2.75) is 34.6 Å². The fourth-order valence-electron chi connectivity index (χ4n) is 3.35. The first-order valence-corrected chi connectivity index (χ1v) is 11.4. The summed E-state index contributed by atoms with van der Waals surface area (Å²) in [4.78, 5) is 12.4. The smallest absolute Gasteiger partial charge is 0.240 e. The molecule has 0 saturated carbocycles. The molecule has 7 heteroatoms. The van der Waals surface area contributed by atoms with Crippen molar-refractivity contribution in [1.29, 1.82) is 0 Å². The number of carbonyl (C=O) groups is 1. The van der Waals surface area contributed by atoms with E-state index in [0.29, 0.717) is 12.3 Å². The van der Waals surface area contributed by atoms with Gasteiger partial charge in [0.25, 0.3) is 0 Å². The van der Waals surface area contributed by atoms with Crippen molar-refractivity contribution in [2.24, 2.45) is 0 Å². The van der Waals surface area contributed by atoms with Crippen LogP contribution in [0.5, 0.6) is 5.75 Å². The molecule has 29 heavy (non-hydrogen) atoms. The summed E-state index contributed by atoms with van der Waals surface area (Å²) in [5, 5.41) is 2.74. The van der Waals surface area contributed by atoms with E-state index in [0.717, 1.165) is 44.1 Å². The van der Waals surface area contributed by atoms with E-state index >= 15 is 0 Å². The monoisotopic (exact) mass is 418 g/mol. The largest absolute Gasteiger partial charge is 0.491 e. The lowest BCUT2D eigenvalue weighted by Gasteiger charge is -2.26. The zero-order valence-electron chi connectivity index (χ0n) is 18.0. The van der Waals surface area contributed by atoms with E-state index in [-0.39, 0.29) is 19.0 Å². The number of carbonyl (C=O) groups excluding carboxylic acids is 1. The standard InChI is InChI=1S/C22H30N2O4S/c1-15-12-17(3)22(18(4)13-15)24(29(6,26)27)14-21(25)23-10-11-28-20-9-7-8-16(2)19(20)5/h7-9,12-13H,10-11,14H2,1-6H3,(H,23,25). The number of nitrogens with zero attached hydrogens (tertiary/aromatic N) is 1. The average Bonchev–Trinajstić information content (AvgIpc) is 2.59. The van der Waals surface area contributed by atoms with E-state index in [1.165, 1.54) is 0 Å². The maximum absolute atomic E-state index is 12.4. The number of hydrogen-bond acceptors (Lipinski definition) is 4. The molecule has 0 aliphatic heterocycles. The fourth-order valence-corrected chi connectivity index (χ4v) is 4.32. The molecule has 158 valence electrons. The van der Waals surface area contributed by atoms with Crippen molar-refractivity contribution in [1.82, 2.24) is 5.32 Å². The minimum atomic E-state index is -3.61. The topological polar surface area (TPSA) is 75.7 Å². The van der Waals surface area contributed by atoms with Gasteiger partial charge in [-0.25, -0.2) is 8.42 Å². The van der Waals surface area contributed by atoms with Gasteiger partial charge in [0.15, 0.2) is 0 Å². The molecule has 6 nitrogen and oxygen atoms in total. The third kappa shape index (κ3) is 5.97. The van der Waals surface area contributed by atoms with E-state index in [1.807, 2.05) is 65.0 Å². The van der Waals surface area contributed by atoms with Gasteiger partial charge in [-0.15, -0.1) is 0 Å². The molecule has 0 bridgehead atoms. The molecular weight excluding hydrogens is 388 g/mol. The Balaban J connectivity index is 2.02. The average molecular weight is 419 g/mol. The second-order valence-corrected chi connectivity index (χ2v) is 9.32. The summed E-state index contributed by atoms with van der Waals surface area (Å²) in [6, 6.07) is 9.65. The Morgan fingerprint density at radius 2 is 1.66 bits per heavy atom. The number of aryl methyl sites for hydroxylation is 4. The van der Waals surface area contributed by atoms with Crippen LogP contribution < -0.4 is 14.4 Å². The first-order valence-electron chi connectivity index (χ1n) is 9.52. The quantitative estimate of drug-likeness (QED) is 0.668. The van der Waals surface area contributed by atoms with Crippen LogP contribution in [-0.4, -0.2) is 40.3 Å². The predicted molar refractivity (Wildman–Crippen MR) is 117 cm³/mol. The third-order valence-electron chi connectivity index (χ3n) is 4.81. The maximum atomic E-state index is 12.4. The third-order valence-corrected chi connectivity index (χ3v) is 5.92. The molecule has 0 aromatic heterocycles. The number of nitrogens with one attached hydrogen (secondary N) is 1. The van der Waals surface area contributed by atoms with Crippen LogP contribution >= 0.6 is 0 Å². The molecule has 2 aromatic rings. The number of sulfonamides is 1. The summed E-state index contributed by atoms with van der Waals surface area (Å²) < 4.78 is 31.6. The number of ether oxygens (including phenoxy) is 1. The van der Waals surface area contributed by atoms with Crippen molar-refractivity contribution in [2.75, 3.05) is 30.3 Å². The molecule has 0 spiro atoms. The van der Waals surface area contributed by atoms with Gasteiger partial charge in [0.05, 0.1) is 18.5 Å². The van der Waals surface area contributed by atoms with Gasteiger partial charge in [-0.05, 0) is 62.9 Å². The minimum Gasteiger partial charge on any atom is -0.491 e. The van der Waals surface area contributed by atoms with Gasteiger partial charge in [-0.1, -0.05) is 29.8 Å². The summed E-state index contributed by atoms with van der Waals surface area (Å²) in [5.41, 5.74) is 5.44. The van der Waals surface area contributed by atoms with Gasteiger partial charge < -0.3 is 10.1 Å². The summed E-state index contributed by atoms with van der Waals surface area (Å²) >= 11 is 0. The lowest BCUT2D eigenvalue weighted by Crippen LogP contribution is -2.42. The van der Waals surface area contributed by atoms with Crippen molar-refractivity contribution in [3.63, 3.8) is 0 Å². The minimum absolute atomic E-state index is 0.271. The highest BCUT2D eigenvalue weighted by molar-refractivity contribution is 7.92. The normalized spacial score (nSPS) is 11.2. The molecule has 2 aromatic carbocycles. The van der Waals surface area contributed by atoms with Crippen molar-refractivity contribution in [3.05, 3.63) is 58.1 Å². The second-order valence-electron chi connectivity index (χ2n) is 7.41. The van der Waals surface area contributed by atoms with Crippen LogP contribution in [0.4, 0.5) is 5.69 Å². The van der Waals surface area contributed by atoms with E-state index in [2.05, 4.69) is 5.32 Å². The highest BCUT2D eigenvalue weighted by Crippen LogP contribution is 2.28. The molecule has 0 atom stereocenters. The van der Waals surface area contributed by atoms with Gasteiger partial charge >= 0.3 is 0 Å². The Kier molecular flexibility index (Phi) is 7.30. The SMILES string of the molecule is Cc1cc(C)c(N(CC(=O)NCCOc2cccc(C)c2C)S(C)(=O)=O)c(C)c1. The maximum Gasteiger partial charge on any atom is 0.240 e. The highest BCUT2D eigenvalue weighted by atomic mass is 32.2. The van der Waals surface area contributed by atoms with E-state index < -0.39 is 10.0 Å². The molecule has 1 amide bonds. The Labute approximate surface area is 173 Å². The first-order chi connectivity index (χ1) is 13.5. The Morgan fingerprint density at radius 3 is 2.24 bits per heavy atom. The second kappa shape index (κ2) is 9.31. The molecule has 2 rings (SSSR count). The lowest BCUT2D eigenvalue weighted by molar-refractivity contribution is -0.119. The van der Waals surface area contributed by atoms with Crippen LogP contribution in [0.3, 0.4) is 0 Å². The van der Waals surface area contributed by atoms with Gasteiger partial charge in [0, 0.05) is 0 Å². The number of anilines is 1. The zero-order chi connectivity index (χ0) is 21.8. The van der Waals surface area contributed by atoms with E-state index in [9.17, 15) is 13.2 Å². The molecule has 0 radical (unpaired) electrons. The molecule has 0 unspecified atom stereocenters. The Morgan fingerprint density at radius 1 is 1.03 bits per heavy atom. The van der Waals surface area contributed by atoms with E-state index in [1.54, 1.807) is 0 Å². The van der Waals surface area contributed by atoms with Gasteiger partial charge in [-0.3, -0.25) is 9.10 Å². The van der Waals surface area contributed by atoms with Crippen LogP contribution in [0.25, 0.3) is 0 Å². The molecular formula is C22H30N2O4S. The van der Waals surface area contributed by atoms with Crippen molar-refractivity contribution < 1.29 is 17.9 Å². The number of hydrogen-bond donors (Lipinski definition) is 1. The number of amides is 1. The Hall–Kier alpha value is -2.54. The lowest BCUT2D eigenvalue weighted by atomic mass is 10.1. The van der Waals surface area contributed by atoms with Crippen LogP contribution in [0.15, 0.2) is 30.3 Å². The Bertz CT molecular complexity index is 977.